The quantitative estimate of drug-likeness (QED) is 0.261. The fraction of sp³-hybridized carbons (Fsp3) is 0.407. The summed E-state index contributed by atoms with van der Waals surface area (Å²) in [5.41, 5.74) is 5.28. The Morgan fingerprint density at radius 1 is 1.08 bits per heavy atom. The minimum atomic E-state index is 0.0942. The van der Waals surface area contributed by atoms with Gasteiger partial charge in [0, 0.05) is 50.3 Å². The first-order chi connectivity index (χ1) is 17.7. The molecule has 1 aliphatic rings. The minimum Gasteiger partial charge on any atom is -0.379 e. The number of rotatable bonds is 10. The monoisotopic (exact) mass is 504 g/mol. The number of amides is 1. The highest BCUT2D eigenvalue weighted by Gasteiger charge is 2.16. The lowest BCUT2D eigenvalue weighted by Gasteiger charge is -2.26. The third-order valence-corrected chi connectivity index (χ3v) is 7.50. The Balaban J connectivity index is 1.20. The smallest absolute Gasteiger partial charge is 0.220 e. The van der Waals surface area contributed by atoms with Gasteiger partial charge in [0.2, 0.25) is 11.1 Å². The van der Waals surface area contributed by atoms with E-state index in [1.807, 2.05) is 12.1 Å². The fourth-order valence-electron chi connectivity index (χ4n) is 4.53. The summed E-state index contributed by atoms with van der Waals surface area (Å²) < 4.78 is 7.59. The van der Waals surface area contributed by atoms with Crippen molar-refractivity contribution >= 4 is 39.7 Å². The number of carbonyl (C=O) groups is 1. The summed E-state index contributed by atoms with van der Waals surface area (Å²) in [6, 6.07) is 16.7. The summed E-state index contributed by atoms with van der Waals surface area (Å²) in [6.45, 7) is 7.85. The average molecular weight is 505 g/mol. The summed E-state index contributed by atoms with van der Waals surface area (Å²) in [6.07, 6.45) is 1.26. The van der Waals surface area contributed by atoms with Gasteiger partial charge in [-0.2, -0.15) is 0 Å². The molecule has 36 heavy (non-hydrogen) atoms. The normalized spacial score (nSPS) is 14.5. The number of hydrogen-bond donors (Lipinski definition) is 1. The zero-order valence-corrected chi connectivity index (χ0v) is 21.5. The van der Waals surface area contributed by atoms with Gasteiger partial charge in [0.25, 0.3) is 0 Å². The molecule has 1 amide bonds. The van der Waals surface area contributed by atoms with Crippen molar-refractivity contribution in [2.24, 2.45) is 0 Å². The number of ether oxygens (including phenoxy) is 1. The summed E-state index contributed by atoms with van der Waals surface area (Å²) in [4.78, 5) is 19.4. The van der Waals surface area contributed by atoms with Gasteiger partial charge in [0.1, 0.15) is 5.52 Å². The molecule has 0 unspecified atom stereocenters. The number of nitrogens with one attached hydrogen (secondary N) is 1. The highest BCUT2D eigenvalue weighted by atomic mass is 32.2. The Morgan fingerprint density at radius 3 is 2.75 bits per heavy atom. The molecule has 1 fully saturated rings. The van der Waals surface area contributed by atoms with Gasteiger partial charge in [0.15, 0.2) is 5.65 Å². The van der Waals surface area contributed by atoms with Crippen molar-refractivity contribution < 1.29 is 9.53 Å². The zero-order valence-electron chi connectivity index (χ0n) is 20.7. The summed E-state index contributed by atoms with van der Waals surface area (Å²) in [7, 11) is 0. The number of morpholine rings is 1. The Morgan fingerprint density at radius 2 is 1.89 bits per heavy atom. The van der Waals surface area contributed by atoms with Crippen LogP contribution in [0.1, 0.15) is 24.0 Å². The molecule has 0 saturated carbocycles. The Kier molecular flexibility index (Phi) is 8.10. The van der Waals surface area contributed by atoms with Gasteiger partial charge >= 0.3 is 0 Å². The number of fused-ring (bicyclic) bond motifs is 3. The molecule has 188 valence electrons. The highest BCUT2D eigenvalue weighted by Crippen LogP contribution is 2.28. The van der Waals surface area contributed by atoms with E-state index in [1.165, 1.54) is 11.1 Å². The van der Waals surface area contributed by atoms with E-state index in [-0.39, 0.29) is 5.91 Å². The third kappa shape index (κ3) is 5.86. The molecule has 4 aromatic rings. The molecule has 1 saturated heterocycles. The van der Waals surface area contributed by atoms with Crippen molar-refractivity contribution in [3.8, 4) is 0 Å². The van der Waals surface area contributed by atoms with Gasteiger partial charge in [-0.15, -0.1) is 10.2 Å². The van der Waals surface area contributed by atoms with Crippen molar-refractivity contribution in [2.45, 2.75) is 31.5 Å². The topological polar surface area (TPSA) is 85.2 Å². The Labute approximate surface area is 215 Å². The second-order valence-corrected chi connectivity index (χ2v) is 10.1. The lowest BCUT2D eigenvalue weighted by Crippen LogP contribution is -2.41. The molecule has 8 nitrogen and oxygen atoms in total. The van der Waals surface area contributed by atoms with Crippen LogP contribution in [-0.4, -0.2) is 75.7 Å². The van der Waals surface area contributed by atoms with Gasteiger partial charge in [-0.1, -0.05) is 54.2 Å². The molecule has 3 heterocycles. The van der Waals surface area contributed by atoms with Crippen LogP contribution in [0.25, 0.3) is 22.1 Å². The van der Waals surface area contributed by atoms with Crippen LogP contribution in [0.15, 0.2) is 53.7 Å². The molecular formula is C27H32N6O2S. The molecule has 0 aliphatic carbocycles. The molecule has 0 atom stereocenters. The Hall–Kier alpha value is -3.01. The molecule has 0 radical (unpaired) electrons. The SMILES string of the molecule is Cc1ccccc1Cn1c2ccccc2c2nnc(SCCCC(=O)NCCN3CCOCC3)nc21. The summed E-state index contributed by atoms with van der Waals surface area (Å²) >= 11 is 1.55. The number of benzene rings is 2. The Bertz CT molecular complexity index is 1330. The molecule has 0 bridgehead atoms. The number of nitrogens with zero attached hydrogens (tertiary/aromatic N) is 5. The first kappa shape index (κ1) is 24.7. The molecule has 9 heteroatoms. The van der Waals surface area contributed by atoms with E-state index in [0.29, 0.717) is 18.1 Å². The molecule has 1 aliphatic heterocycles. The molecule has 5 rings (SSSR count). The van der Waals surface area contributed by atoms with E-state index >= 15 is 0 Å². The number of aromatic nitrogens is 4. The van der Waals surface area contributed by atoms with Gasteiger partial charge in [-0.3, -0.25) is 9.69 Å². The fourth-order valence-corrected chi connectivity index (χ4v) is 5.25. The second kappa shape index (κ2) is 11.8. The zero-order chi connectivity index (χ0) is 24.7. The van der Waals surface area contributed by atoms with Crippen LogP contribution in [0, 0.1) is 6.92 Å². The largest absolute Gasteiger partial charge is 0.379 e. The number of thioether (sulfide) groups is 1. The lowest BCUT2D eigenvalue weighted by atomic mass is 10.1. The predicted molar refractivity (Wildman–Crippen MR) is 143 cm³/mol. The summed E-state index contributed by atoms with van der Waals surface area (Å²) in [5.74, 6) is 0.860. The number of hydrogen-bond acceptors (Lipinski definition) is 7. The van der Waals surface area contributed by atoms with E-state index in [0.717, 1.165) is 73.6 Å². The van der Waals surface area contributed by atoms with E-state index in [1.54, 1.807) is 11.8 Å². The van der Waals surface area contributed by atoms with Crippen LogP contribution in [0.3, 0.4) is 0 Å². The first-order valence-electron chi connectivity index (χ1n) is 12.5. The van der Waals surface area contributed by atoms with Crippen LogP contribution in [0.2, 0.25) is 0 Å². The molecule has 2 aromatic heterocycles. The van der Waals surface area contributed by atoms with E-state index in [9.17, 15) is 4.79 Å². The molecule has 0 spiro atoms. The second-order valence-electron chi connectivity index (χ2n) is 9.05. The van der Waals surface area contributed by atoms with Crippen molar-refractivity contribution in [1.82, 2.24) is 30.0 Å². The van der Waals surface area contributed by atoms with Gasteiger partial charge in [-0.25, -0.2) is 4.98 Å². The summed E-state index contributed by atoms with van der Waals surface area (Å²) in [5, 5.41) is 13.7. The first-order valence-corrected chi connectivity index (χ1v) is 13.5. The van der Waals surface area contributed by atoms with Crippen LogP contribution >= 0.6 is 11.8 Å². The molecule has 1 N–H and O–H groups in total. The standard InChI is InChI=1S/C27H32N6O2S/c1-20-7-2-3-8-21(20)19-33-23-10-5-4-9-22(23)25-26(33)29-27(31-30-25)36-18-6-11-24(34)28-12-13-32-14-16-35-17-15-32/h2-5,7-10H,6,11-19H2,1H3,(H,28,34). The van der Waals surface area contributed by atoms with E-state index in [4.69, 9.17) is 9.72 Å². The van der Waals surface area contributed by atoms with Crippen molar-refractivity contribution in [2.75, 3.05) is 45.1 Å². The highest BCUT2D eigenvalue weighted by molar-refractivity contribution is 7.99. The van der Waals surface area contributed by atoms with Crippen LogP contribution in [-0.2, 0) is 16.1 Å². The van der Waals surface area contributed by atoms with Crippen LogP contribution in [0.5, 0.6) is 0 Å². The van der Waals surface area contributed by atoms with Crippen LogP contribution in [0.4, 0.5) is 0 Å². The average Bonchev–Trinajstić information content (AvgIpc) is 3.21. The van der Waals surface area contributed by atoms with Gasteiger partial charge in [-0.05, 0) is 30.5 Å². The van der Waals surface area contributed by atoms with E-state index in [2.05, 4.69) is 68.3 Å². The molecule has 2 aromatic carbocycles. The lowest BCUT2D eigenvalue weighted by molar-refractivity contribution is -0.121. The molecular weight excluding hydrogens is 472 g/mol. The number of carbonyl (C=O) groups excluding carboxylic acids is 1. The van der Waals surface area contributed by atoms with Gasteiger partial charge in [0.05, 0.1) is 18.7 Å². The van der Waals surface area contributed by atoms with Crippen molar-refractivity contribution in [1.29, 1.82) is 0 Å². The van der Waals surface area contributed by atoms with Crippen molar-refractivity contribution in [3.05, 3.63) is 59.7 Å². The van der Waals surface area contributed by atoms with Crippen molar-refractivity contribution in [3.63, 3.8) is 0 Å². The maximum atomic E-state index is 12.2. The maximum absolute atomic E-state index is 12.2. The van der Waals surface area contributed by atoms with E-state index < -0.39 is 0 Å². The van der Waals surface area contributed by atoms with Gasteiger partial charge < -0.3 is 14.6 Å². The maximum Gasteiger partial charge on any atom is 0.220 e. The number of para-hydroxylation sites is 1. The van der Waals surface area contributed by atoms with Crippen LogP contribution < -0.4 is 5.32 Å². The number of aryl methyl sites for hydroxylation is 1. The predicted octanol–water partition coefficient (Wildman–Crippen LogP) is 3.66. The third-order valence-electron chi connectivity index (χ3n) is 6.58. The minimum absolute atomic E-state index is 0.0942.